The summed E-state index contributed by atoms with van der Waals surface area (Å²) in [7, 11) is -3.98. The first-order valence-electron chi connectivity index (χ1n) is 7.64. The third kappa shape index (κ3) is 3.33. The van der Waals surface area contributed by atoms with Gasteiger partial charge in [0.25, 0.3) is 5.69 Å². The van der Waals surface area contributed by atoms with Crippen LogP contribution in [0.15, 0.2) is 53.4 Å². The summed E-state index contributed by atoms with van der Waals surface area (Å²) in [6.07, 6.45) is 0. The number of halogens is 1. The molecule has 25 heavy (non-hydrogen) atoms. The Morgan fingerprint density at radius 3 is 2.20 bits per heavy atom. The minimum Gasteiger partial charge on any atom is -0.367 e. The van der Waals surface area contributed by atoms with Crippen molar-refractivity contribution in [3.8, 4) is 0 Å². The molecule has 0 radical (unpaired) electrons. The number of hydrogen-bond acceptors (Lipinski definition) is 5. The van der Waals surface area contributed by atoms with E-state index in [4.69, 9.17) is 0 Å². The first-order valence-corrected chi connectivity index (χ1v) is 9.08. The second-order valence-corrected chi connectivity index (χ2v) is 7.47. The summed E-state index contributed by atoms with van der Waals surface area (Å²) in [5.74, 6) is -0.363. The summed E-state index contributed by atoms with van der Waals surface area (Å²) < 4.78 is 40.6. The van der Waals surface area contributed by atoms with Crippen LogP contribution in [0.4, 0.5) is 15.8 Å². The van der Waals surface area contributed by atoms with Gasteiger partial charge in [0, 0.05) is 32.2 Å². The molecule has 2 aromatic rings. The lowest BCUT2D eigenvalue weighted by atomic mass is 10.2. The number of nitro groups is 1. The first kappa shape index (κ1) is 17.3. The molecule has 0 bridgehead atoms. The Hall–Kier alpha value is -2.52. The summed E-state index contributed by atoms with van der Waals surface area (Å²) in [5, 5.41) is 11.1. The first-order chi connectivity index (χ1) is 11.9. The van der Waals surface area contributed by atoms with Crippen LogP contribution in [0.2, 0.25) is 0 Å². The average molecular weight is 365 g/mol. The number of anilines is 1. The van der Waals surface area contributed by atoms with E-state index in [-0.39, 0.29) is 23.8 Å². The third-order valence-corrected chi connectivity index (χ3v) is 6.06. The number of para-hydroxylation sites is 2. The van der Waals surface area contributed by atoms with Crippen LogP contribution < -0.4 is 4.90 Å². The molecule has 2 aromatic carbocycles. The molecule has 7 nitrogen and oxygen atoms in total. The van der Waals surface area contributed by atoms with Crippen LogP contribution in [-0.4, -0.2) is 43.8 Å². The van der Waals surface area contributed by atoms with E-state index in [1.54, 1.807) is 23.1 Å². The molecule has 0 aliphatic carbocycles. The molecular formula is C16H16FN3O4S. The van der Waals surface area contributed by atoms with Crippen LogP contribution in [0, 0.1) is 15.9 Å². The maximum Gasteiger partial charge on any atom is 0.289 e. The van der Waals surface area contributed by atoms with Gasteiger partial charge in [-0.1, -0.05) is 24.3 Å². The Kier molecular flexibility index (Phi) is 4.69. The monoisotopic (exact) mass is 365 g/mol. The van der Waals surface area contributed by atoms with Crippen molar-refractivity contribution in [3.05, 3.63) is 64.5 Å². The fourth-order valence-corrected chi connectivity index (χ4v) is 4.42. The van der Waals surface area contributed by atoms with Gasteiger partial charge in [0.2, 0.25) is 10.0 Å². The van der Waals surface area contributed by atoms with E-state index in [0.29, 0.717) is 18.8 Å². The zero-order valence-corrected chi connectivity index (χ0v) is 14.0. The number of nitro benzene ring substituents is 1. The van der Waals surface area contributed by atoms with E-state index in [1.807, 2.05) is 0 Å². The molecule has 132 valence electrons. The van der Waals surface area contributed by atoms with E-state index in [1.165, 1.54) is 34.6 Å². The lowest BCUT2D eigenvalue weighted by Gasteiger charge is -2.35. The van der Waals surface area contributed by atoms with Crippen molar-refractivity contribution >= 4 is 21.4 Å². The number of hydrogen-bond donors (Lipinski definition) is 0. The lowest BCUT2D eigenvalue weighted by molar-refractivity contribution is -0.387. The standard InChI is InChI=1S/C16H16FN3O4S/c17-13-5-1-2-6-14(13)18-9-11-19(12-10-18)25(23,24)16-8-4-3-7-15(16)20(21)22/h1-8H,9-12H2. The van der Waals surface area contributed by atoms with Gasteiger partial charge in [0.05, 0.1) is 10.6 Å². The van der Waals surface area contributed by atoms with E-state index in [0.717, 1.165) is 0 Å². The fourth-order valence-electron chi connectivity index (χ4n) is 2.84. The van der Waals surface area contributed by atoms with E-state index in [9.17, 15) is 22.9 Å². The predicted molar refractivity (Wildman–Crippen MR) is 90.5 cm³/mol. The molecule has 0 unspecified atom stereocenters. The largest absolute Gasteiger partial charge is 0.367 e. The number of benzene rings is 2. The zero-order chi connectivity index (χ0) is 18.0. The third-order valence-electron chi connectivity index (χ3n) is 4.11. The number of piperazine rings is 1. The molecule has 1 aliphatic heterocycles. The SMILES string of the molecule is O=[N+]([O-])c1ccccc1S(=O)(=O)N1CCN(c2ccccc2F)CC1. The number of nitrogens with zero attached hydrogens (tertiary/aromatic N) is 3. The normalized spacial score (nSPS) is 16.0. The molecule has 1 heterocycles. The van der Waals surface area contributed by atoms with Gasteiger partial charge in [-0.3, -0.25) is 10.1 Å². The van der Waals surface area contributed by atoms with Gasteiger partial charge in [-0.05, 0) is 18.2 Å². The highest BCUT2D eigenvalue weighted by atomic mass is 32.2. The van der Waals surface area contributed by atoms with Crippen molar-refractivity contribution in [2.45, 2.75) is 4.90 Å². The second kappa shape index (κ2) is 6.77. The second-order valence-electron chi connectivity index (χ2n) is 5.57. The molecule has 1 aliphatic rings. The summed E-state index contributed by atoms with van der Waals surface area (Å²) in [5.41, 5.74) is -0.0238. The van der Waals surface area contributed by atoms with Crippen molar-refractivity contribution in [3.63, 3.8) is 0 Å². The summed E-state index contributed by atoms with van der Waals surface area (Å²) in [6.45, 7) is 0.868. The van der Waals surface area contributed by atoms with Crippen molar-refractivity contribution < 1.29 is 17.7 Å². The summed E-state index contributed by atoms with van der Waals surface area (Å²) in [4.78, 5) is 11.8. The molecule has 1 fully saturated rings. The minimum atomic E-state index is -3.98. The zero-order valence-electron chi connectivity index (χ0n) is 13.2. The Balaban J connectivity index is 1.81. The van der Waals surface area contributed by atoms with Crippen molar-refractivity contribution in [2.75, 3.05) is 31.1 Å². The Morgan fingerprint density at radius 2 is 1.56 bits per heavy atom. The van der Waals surface area contributed by atoms with Crippen LogP contribution in [-0.2, 0) is 10.0 Å². The van der Waals surface area contributed by atoms with Crippen LogP contribution in [0.25, 0.3) is 0 Å². The maximum atomic E-state index is 13.9. The molecule has 1 saturated heterocycles. The number of rotatable bonds is 4. The quantitative estimate of drug-likeness (QED) is 0.613. The molecule has 0 N–H and O–H groups in total. The topological polar surface area (TPSA) is 83.8 Å². The van der Waals surface area contributed by atoms with Crippen LogP contribution in [0.1, 0.15) is 0 Å². The van der Waals surface area contributed by atoms with Gasteiger partial charge >= 0.3 is 0 Å². The van der Waals surface area contributed by atoms with E-state index in [2.05, 4.69) is 0 Å². The smallest absolute Gasteiger partial charge is 0.289 e. The molecule has 0 amide bonds. The van der Waals surface area contributed by atoms with Gasteiger partial charge in [0.1, 0.15) is 5.82 Å². The Bertz CT molecular complexity index is 896. The van der Waals surface area contributed by atoms with Gasteiger partial charge in [-0.25, -0.2) is 12.8 Å². The predicted octanol–water partition coefficient (Wildman–Crippen LogP) is 2.24. The van der Waals surface area contributed by atoms with Crippen molar-refractivity contribution in [2.24, 2.45) is 0 Å². The minimum absolute atomic E-state index is 0.128. The molecule has 0 saturated carbocycles. The highest BCUT2D eigenvalue weighted by Crippen LogP contribution is 2.28. The molecule has 3 rings (SSSR count). The molecule has 0 aromatic heterocycles. The van der Waals surface area contributed by atoms with E-state index < -0.39 is 20.6 Å². The summed E-state index contributed by atoms with van der Waals surface area (Å²) in [6, 6.07) is 11.6. The lowest BCUT2D eigenvalue weighted by Crippen LogP contribution is -2.49. The van der Waals surface area contributed by atoms with Crippen molar-refractivity contribution in [1.29, 1.82) is 0 Å². The maximum absolute atomic E-state index is 13.9. The van der Waals surface area contributed by atoms with Crippen molar-refractivity contribution in [1.82, 2.24) is 4.31 Å². The molecule has 0 spiro atoms. The van der Waals surface area contributed by atoms with Gasteiger partial charge in [-0.15, -0.1) is 0 Å². The molecule has 0 atom stereocenters. The fraction of sp³-hybridized carbons (Fsp3) is 0.250. The average Bonchev–Trinajstić information content (AvgIpc) is 2.62. The van der Waals surface area contributed by atoms with Crippen LogP contribution in [0.3, 0.4) is 0 Å². The van der Waals surface area contributed by atoms with Crippen LogP contribution >= 0.6 is 0 Å². The van der Waals surface area contributed by atoms with E-state index >= 15 is 0 Å². The van der Waals surface area contributed by atoms with Gasteiger partial charge in [0.15, 0.2) is 4.90 Å². The Labute approximate surface area is 144 Å². The number of sulfonamides is 1. The van der Waals surface area contributed by atoms with Gasteiger partial charge in [-0.2, -0.15) is 4.31 Å². The summed E-state index contributed by atoms with van der Waals surface area (Å²) >= 11 is 0. The molecule has 9 heteroatoms. The highest BCUT2D eigenvalue weighted by molar-refractivity contribution is 7.89. The Morgan fingerprint density at radius 1 is 0.960 bits per heavy atom. The molecular weight excluding hydrogens is 349 g/mol. The highest BCUT2D eigenvalue weighted by Gasteiger charge is 2.33. The van der Waals surface area contributed by atoms with Gasteiger partial charge < -0.3 is 4.90 Å². The van der Waals surface area contributed by atoms with Crippen LogP contribution in [0.5, 0.6) is 0 Å².